The summed E-state index contributed by atoms with van der Waals surface area (Å²) in [6.45, 7) is 4.93. The molecule has 0 radical (unpaired) electrons. The summed E-state index contributed by atoms with van der Waals surface area (Å²) in [5.41, 5.74) is 0. The summed E-state index contributed by atoms with van der Waals surface area (Å²) in [5.74, 6) is 2.94. The lowest BCUT2D eigenvalue weighted by atomic mass is 10.2. The number of nitrogens with one attached hydrogen (secondary N) is 1. The molecule has 0 bridgehead atoms. The fourth-order valence-electron chi connectivity index (χ4n) is 2.03. The second-order valence-electron chi connectivity index (χ2n) is 5.21. The highest BCUT2D eigenvalue weighted by atomic mass is 15.2. The number of hydrogen-bond donors (Lipinski definition) is 1. The maximum Gasteiger partial charge on any atom is 0.135 e. The fraction of sp³-hybridized carbons (Fsp3) is 0.643. The van der Waals surface area contributed by atoms with Crippen LogP contribution in [0.15, 0.2) is 6.07 Å². The molecule has 1 aliphatic rings. The van der Waals surface area contributed by atoms with Crippen molar-refractivity contribution in [2.24, 2.45) is 0 Å². The van der Waals surface area contributed by atoms with Gasteiger partial charge in [-0.15, -0.1) is 0 Å². The normalized spacial score (nSPS) is 14.3. The molecule has 0 amide bonds. The molecular formula is C14H21N5. The van der Waals surface area contributed by atoms with Crippen molar-refractivity contribution in [1.29, 1.82) is 5.26 Å². The van der Waals surface area contributed by atoms with Crippen LogP contribution in [0.5, 0.6) is 0 Å². The first kappa shape index (κ1) is 13.6. The molecule has 19 heavy (non-hydrogen) atoms. The van der Waals surface area contributed by atoms with E-state index in [1.165, 1.54) is 12.8 Å². The Hall–Kier alpha value is -1.83. The van der Waals surface area contributed by atoms with Crippen molar-refractivity contribution in [2.75, 3.05) is 23.8 Å². The van der Waals surface area contributed by atoms with E-state index in [2.05, 4.69) is 40.1 Å². The van der Waals surface area contributed by atoms with Crippen molar-refractivity contribution in [3.63, 3.8) is 0 Å². The third kappa shape index (κ3) is 3.34. The highest BCUT2D eigenvalue weighted by molar-refractivity contribution is 5.51. The molecule has 0 saturated heterocycles. The summed E-state index contributed by atoms with van der Waals surface area (Å²) in [7, 11) is 1.87. The summed E-state index contributed by atoms with van der Waals surface area (Å²) in [6.07, 6.45) is 2.93. The average Bonchev–Trinajstić information content (AvgIpc) is 3.23. The van der Waals surface area contributed by atoms with Gasteiger partial charge in [-0.05, 0) is 12.8 Å². The molecule has 2 rings (SSSR count). The van der Waals surface area contributed by atoms with Crippen LogP contribution in [0.4, 0.5) is 11.6 Å². The largest absolute Gasteiger partial charge is 0.373 e. The summed E-state index contributed by atoms with van der Waals surface area (Å²) in [6, 6.07) is 4.74. The van der Waals surface area contributed by atoms with Crippen molar-refractivity contribution in [3.05, 3.63) is 11.9 Å². The SMILES string of the molecule is CNc1cc(N(CCC#N)C2CC2)nc(C(C)C)n1. The Balaban J connectivity index is 2.29. The van der Waals surface area contributed by atoms with Crippen LogP contribution in [0, 0.1) is 11.3 Å². The molecule has 0 aliphatic heterocycles. The highest BCUT2D eigenvalue weighted by Gasteiger charge is 2.30. The third-order valence-electron chi connectivity index (χ3n) is 3.25. The monoisotopic (exact) mass is 259 g/mol. The molecule has 0 aromatic carbocycles. The fourth-order valence-corrected chi connectivity index (χ4v) is 2.03. The van der Waals surface area contributed by atoms with Crippen molar-refractivity contribution in [1.82, 2.24) is 9.97 Å². The molecule has 1 aromatic heterocycles. The zero-order valence-corrected chi connectivity index (χ0v) is 11.8. The predicted octanol–water partition coefficient (Wildman–Crippen LogP) is 2.52. The van der Waals surface area contributed by atoms with E-state index < -0.39 is 0 Å². The predicted molar refractivity (Wildman–Crippen MR) is 76.3 cm³/mol. The molecule has 1 saturated carbocycles. The van der Waals surface area contributed by atoms with Gasteiger partial charge in [-0.25, -0.2) is 9.97 Å². The zero-order valence-electron chi connectivity index (χ0n) is 11.8. The first-order valence-corrected chi connectivity index (χ1v) is 6.86. The molecule has 102 valence electrons. The van der Waals surface area contributed by atoms with Gasteiger partial charge in [0.05, 0.1) is 12.5 Å². The number of nitrogens with zero attached hydrogens (tertiary/aromatic N) is 4. The smallest absolute Gasteiger partial charge is 0.135 e. The summed E-state index contributed by atoms with van der Waals surface area (Å²) in [5, 5.41) is 11.9. The van der Waals surface area contributed by atoms with Crippen LogP contribution in [0.3, 0.4) is 0 Å². The standard InChI is InChI=1S/C14H21N5/c1-10(2)14-17-12(16-3)9-13(18-14)19(8-4-7-15)11-5-6-11/h9-11H,4-6,8H2,1-3H3,(H,16,17,18). The molecular weight excluding hydrogens is 238 g/mol. The Morgan fingerprint density at radius 3 is 2.74 bits per heavy atom. The zero-order chi connectivity index (χ0) is 13.8. The lowest BCUT2D eigenvalue weighted by molar-refractivity contribution is 0.737. The molecule has 1 aromatic rings. The third-order valence-corrected chi connectivity index (χ3v) is 3.25. The number of anilines is 2. The van der Waals surface area contributed by atoms with E-state index in [0.29, 0.717) is 18.4 Å². The average molecular weight is 259 g/mol. The molecule has 1 fully saturated rings. The van der Waals surface area contributed by atoms with E-state index >= 15 is 0 Å². The quantitative estimate of drug-likeness (QED) is 0.850. The van der Waals surface area contributed by atoms with Gasteiger partial charge in [0.2, 0.25) is 0 Å². The molecule has 0 atom stereocenters. The van der Waals surface area contributed by atoms with Crippen LogP contribution in [-0.4, -0.2) is 29.6 Å². The first-order chi connectivity index (χ1) is 9.15. The second kappa shape index (κ2) is 5.87. The molecule has 5 heteroatoms. The van der Waals surface area contributed by atoms with Crippen LogP contribution < -0.4 is 10.2 Å². The van der Waals surface area contributed by atoms with E-state index in [4.69, 9.17) is 5.26 Å². The maximum absolute atomic E-state index is 8.79. The van der Waals surface area contributed by atoms with E-state index in [1.54, 1.807) is 0 Å². The molecule has 0 unspecified atom stereocenters. The topological polar surface area (TPSA) is 64.8 Å². The van der Waals surface area contributed by atoms with Gasteiger partial charge in [-0.2, -0.15) is 5.26 Å². The summed E-state index contributed by atoms with van der Waals surface area (Å²) < 4.78 is 0. The van der Waals surface area contributed by atoms with Crippen molar-refractivity contribution < 1.29 is 0 Å². The minimum atomic E-state index is 0.295. The summed E-state index contributed by atoms with van der Waals surface area (Å²) >= 11 is 0. The summed E-state index contributed by atoms with van der Waals surface area (Å²) in [4.78, 5) is 11.4. The van der Waals surface area contributed by atoms with Gasteiger partial charge in [-0.3, -0.25) is 0 Å². The lowest BCUT2D eigenvalue weighted by Gasteiger charge is -2.23. The van der Waals surface area contributed by atoms with E-state index in [-0.39, 0.29) is 0 Å². The number of hydrogen-bond acceptors (Lipinski definition) is 5. The van der Waals surface area contributed by atoms with E-state index in [9.17, 15) is 0 Å². The Kier molecular flexibility index (Phi) is 4.20. The van der Waals surface area contributed by atoms with Crippen molar-refractivity contribution in [2.45, 2.75) is 45.1 Å². The van der Waals surface area contributed by atoms with Gasteiger partial charge in [0, 0.05) is 31.6 Å². The van der Waals surface area contributed by atoms with Gasteiger partial charge < -0.3 is 10.2 Å². The highest BCUT2D eigenvalue weighted by Crippen LogP contribution is 2.32. The lowest BCUT2D eigenvalue weighted by Crippen LogP contribution is -2.28. The second-order valence-corrected chi connectivity index (χ2v) is 5.21. The number of aromatic nitrogens is 2. The Morgan fingerprint density at radius 2 is 2.21 bits per heavy atom. The van der Waals surface area contributed by atoms with Gasteiger partial charge in [0.15, 0.2) is 0 Å². The number of nitriles is 1. The van der Waals surface area contributed by atoms with Gasteiger partial charge in [0.1, 0.15) is 17.5 Å². The Labute approximate surface area is 114 Å². The van der Waals surface area contributed by atoms with Crippen LogP contribution in [0.2, 0.25) is 0 Å². The van der Waals surface area contributed by atoms with E-state index in [1.807, 2.05) is 13.1 Å². The molecule has 0 spiro atoms. The van der Waals surface area contributed by atoms with Crippen LogP contribution in [0.25, 0.3) is 0 Å². The minimum absolute atomic E-state index is 0.295. The Bertz CT molecular complexity index is 473. The molecule has 1 heterocycles. The maximum atomic E-state index is 8.79. The van der Waals surface area contributed by atoms with Crippen LogP contribution in [-0.2, 0) is 0 Å². The first-order valence-electron chi connectivity index (χ1n) is 6.86. The van der Waals surface area contributed by atoms with Crippen molar-refractivity contribution >= 4 is 11.6 Å². The van der Waals surface area contributed by atoms with Crippen LogP contribution in [0.1, 0.15) is 44.9 Å². The van der Waals surface area contributed by atoms with E-state index in [0.717, 1.165) is 24.0 Å². The molecule has 1 N–H and O–H groups in total. The van der Waals surface area contributed by atoms with Crippen molar-refractivity contribution in [3.8, 4) is 6.07 Å². The number of rotatable bonds is 6. The van der Waals surface area contributed by atoms with Gasteiger partial charge in [0.25, 0.3) is 0 Å². The minimum Gasteiger partial charge on any atom is -0.373 e. The van der Waals surface area contributed by atoms with Gasteiger partial charge in [-0.1, -0.05) is 13.8 Å². The molecule has 1 aliphatic carbocycles. The molecule has 5 nitrogen and oxygen atoms in total. The van der Waals surface area contributed by atoms with Crippen LogP contribution >= 0.6 is 0 Å². The Morgan fingerprint density at radius 1 is 1.47 bits per heavy atom. The van der Waals surface area contributed by atoms with Gasteiger partial charge >= 0.3 is 0 Å².